The summed E-state index contributed by atoms with van der Waals surface area (Å²) in [6.07, 6.45) is 1.77. The number of carbonyl (C=O) groups is 3. The number of rotatable bonds is 7. The summed E-state index contributed by atoms with van der Waals surface area (Å²) in [5.74, 6) is -1.27. The third kappa shape index (κ3) is 6.29. The molecule has 2 fully saturated rings. The number of piperazine rings is 1. The molecule has 1 atom stereocenters. The van der Waals surface area contributed by atoms with Gasteiger partial charge in [-0.25, -0.2) is 8.42 Å². The molecule has 2 aliphatic heterocycles. The minimum absolute atomic E-state index is 0.0127. The molecule has 1 aromatic rings. The van der Waals surface area contributed by atoms with E-state index in [9.17, 15) is 22.8 Å². The van der Waals surface area contributed by atoms with Crippen LogP contribution in [0.4, 0.5) is 0 Å². The quantitative estimate of drug-likeness (QED) is 0.553. The molecule has 10 heteroatoms. The number of hydrogen-bond acceptors (Lipinski definition) is 6. The van der Waals surface area contributed by atoms with Crippen molar-refractivity contribution in [1.29, 1.82) is 0 Å². The van der Waals surface area contributed by atoms with Crippen molar-refractivity contribution in [1.82, 2.24) is 14.1 Å². The number of ether oxygens (including phenoxy) is 1. The third-order valence-electron chi connectivity index (χ3n) is 5.92. The Balaban J connectivity index is 1.43. The van der Waals surface area contributed by atoms with Crippen LogP contribution in [-0.4, -0.2) is 86.2 Å². The summed E-state index contributed by atoms with van der Waals surface area (Å²) in [5, 5.41) is 0. The highest BCUT2D eigenvalue weighted by molar-refractivity contribution is 7.88. The van der Waals surface area contributed by atoms with Gasteiger partial charge in [-0.05, 0) is 18.4 Å². The molecular formula is C22H31N3O6S. The number of benzene rings is 1. The minimum Gasteiger partial charge on any atom is -0.455 e. The van der Waals surface area contributed by atoms with E-state index in [1.165, 1.54) is 9.21 Å². The van der Waals surface area contributed by atoms with Crippen molar-refractivity contribution < 1.29 is 27.5 Å². The van der Waals surface area contributed by atoms with Crippen LogP contribution in [0.2, 0.25) is 0 Å². The SMILES string of the molecule is CCC(=O)N1CCCC(C(=O)OCC(=O)N2CCN(S(=O)(=O)Cc3ccccc3)CC2)C1. The van der Waals surface area contributed by atoms with Crippen molar-refractivity contribution in [2.75, 3.05) is 45.9 Å². The molecule has 0 aliphatic carbocycles. The standard InChI is InChI=1S/C22H31N3O6S/c1-2-20(26)24-10-6-9-19(15-24)22(28)31-16-21(27)23-11-13-25(14-12-23)32(29,30)17-18-7-4-3-5-8-18/h3-5,7-8,19H,2,6,9-17H2,1H3. The summed E-state index contributed by atoms with van der Waals surface area (Å²) in [6.45, 7) is 3.34. The van der Waals surface area contributed by atoms with Gasteiger partial charge in [0.25, 0.3) is 5.91 Å². The molecule has 0 radical (unpaired) electrons. The summed E-state index contributed by atoms with van der Waals surface area (Å²) in [4.78, 5) is 39.9. The zero-order valence-electron chi connectivity index (χ0n) is 18.4. The Morgan fingerprint density at radius 2 is 1.66 bits per heavy atom. The molecule has 3 rings (SSSR count). The molecule has 2 amide bonds. The fraction of sp³-hybridized carbons (Fsp3) is 0.591. The molecular weight excluding hydrogens is 434 g/mol. The van der Waals surface area contributed by atoms with Crippen LogP contribution in [0.5, 0.6) is 0 Å². The number of amides is 2. The second kappa shape index (κ2) is 10.9. The Morgan fingerprint density at radius 1 is 0.969 bits per heavy atom. The Bertz CT molecular complexity index is 913. The molecule has 0 N–H and O–H groups in total. The van der Waals surface area contributed by atoms with Gasteiger partial charge in [0, 0.05) is 45.7 Å². The normalized spacial score (nSPS) is 20.1. The molecule has 0 saturated carbocycles. The van der Waals surface area contributed by atoms with E-state index in [-0.39, 0.29) is 50.4 Å². The lowest BCUT2D eigenvalue weighted by Crippen LogP contribution is -2.51. The number of nitrogens with zero attached hydrogens (tertiary/aromatic N) is 3. The average molecular weight is 466 g/mol. The predicted molar refractivity (Wildman–Crippen MR) is 118 cm³/mol. The van der Waals surface area contributed by atoms with E-state index >= 15 is 0 Å². The van der Waals surface area contributed by atoms with Crippen molar-refractivity contribution in [3.63, 3.8) is 0 Å². The summed E-state index contributed by atoms with van der Waals surface area (Å²) >= 11 is 0. The monoisotopic (exact) mass is 465 g/mol. The van der Waals surface area contributed by atoms with Crippen LogP contribution in [0.1, 0.15) is 31.7 Å². The van der Waals surface area contributed by atoms with E-state index in [2.05, 4.69) is 0 Å². The Labute approximate surface area is 189 Å². The Morgan fingerprint density at radius 3 is 2.31 bits per heavy atom. The molecule has 32 heavy (non-hydrogen) atoms. The average Bonchev–Trinajstić information content (AvgIpc) is 2.82. The number of carbonyl (C=O) groups excluding carboxylic acids is 3. The van der Waals surface area contributed by atoms with Gasteiger partial charge in [0.05, 0.1) is 11.7 Å². The van der Waals surface area contributed by atoms with Crippen LogP contribution in [0.15, 0.2) is 30.3 Å². The molecule has 1 unspecified atom stereocenters. The first-order valence-corrected chi connectivity index (χ1v) is 12.6. The highest BCUT2D eigenvalue weighted by Gasteiger charge is 2.31. The lowest BCUT2D eigenvalue weighted by Gasteiger charge is -2.34. The van der Waals surface area contributed by atoms with E-state index in [1.807, 2.05) is 6.07 Å². The van der Waals surface area contributed by atoms with Crippen LogP contribution in [-0.2, 0) is 34.9 Å². The molecule has 0 spiro atoms. The number of piperidine rings is 1. The van der Waals surface area contributed by atoms with Crippen LogP contribution < -0.4 is 0 Å². The van der Waals surface area contributed by atoms with E-state index in [0.717, 1.165) is 12.0 Å². The van der Waals surface area contributed by atoms with Gasteiger partial charge < -0.3 is 14.5 Å². The lowest BCUT2D eigenvalue weighted by atomic mass is 9.98. The van der Waals surface area contributed by atoms with Gasteiger partial charge in [0.1, 0.15) is 0 Å². The summed E-state index contributed by atoms with van der Waals surface area (Å²) < 4.78 is 31.9. The number of likely N-dealkylation sites (tertiary alicyclic amines) is 1. The molecule has 9 nitrogen and oxygen atoms in total. The topological polar surface area (TPSA) is 104 Å². The number of sulfonamides is 1. The molecule has 2 saturated heterocycles. The summed E-state index contributed by atoms with van der Waals surface area (Å²) in [6, 6.07) is 8.98. The van der Waals surface area contributed by atoms with Gasteiger partial charge in [-0.2, -0.15) is 4.31 Å². The molecule has 2 heterocycles. The fourth-order valence-corrected chi connectivity index (χ4v) is 5.57. The van der Waals surface area contributed by atoms with Crippen molar-refractivity contribution in [3.05, 3.63) is 35.9 Å². The third-order valence-corrected chi connectivity index (χ3v) is 7.77. The van der Waals surface area contributed by atoms with Crippen LogP contribution in [0.25, 0.3) is 0 Å². The maximum atomic E-state index is 12.6. The van der Waals surface area contributed by atoms with Crippen molar-refractivity contribution in [2.24, 2.45) is 5.92 Å². The summed E-state index contributed by atoms with van der Waals surface area (Å²) in [7, 11) is -3.46. The Kier molecular flexibility index (Phi) is 8.25. The Hall–Kier alpha value is -2.46. The smallest absolute Gasteiger partial charge is 0.311 e. The zero-order valence-corrected chi connectivity index (χ0v) is 19.3. The van der Waals surface area contributed by atoms with Crippen LogP contribution in [0.3, 0.4) is 0 Å². The number of hydrogen-bond donors (Lipinski definition) is 0. The van der Waals surface area contributed by atoms with Crippen LogP contribution in [0, 0.1) is 5.92 Å². The van der Waals surface area contributed by atoms with E-state index in [0.29, 0.717) is 25.9 Å². The fourth-order valence-electron chi connectivity index (χ4n) is 4.05. The first kappa shape index (κ1) is 24.2. The highest BCUT2D eigenvalue weighted by atomic mass is 32.2. The molecule has 0 bridgehead atoms. The maximum Gasteiger partial charge on any atom is 0.311 e. The minimum atomic E-state index is -3.46. The number of esters is 1. The molecule has 2 aliphatic rings. The van der Waals surface area contributed by atoms with E-state index in [4.69, 9.17) is 4.74 Å². The zero-order chi connectivity index (χ0) is 23.1. The molecule has 1 aromatic carbocycles. The predicted octanol–water partition coefficient (Wildman–Crippen LogP) is 0.852. The first-order chi connectivity index (χ1) is 15.3. The second-order valence-corrected chi connectivity index (χ2v) is 10.1. The molecule has 0 aromatic heterocycles. The van der Waals surface area contributed by atoms with Gasteiger partial charge in [0.15, 0.2) is 6.61 Å². The largest absolute Gasteiger partial charge is 0.455 e. The second-order valence-electron chi connectivity index (χ2n) is 8.16. The lowest BCUT2D eigenvalue weighted by molar-refractivity contribution is -0.158. The maximum absolute atomic E-state index is 12.6. The highest BCUT2D eigenvalue weighted by Crippen LogP contribution is 2.19. The van der Waals surface area contributed by atoms with Crippen LogP contribution >= 0.6 is 0 Å². The van der Waals surface area contributed by atoms with Gasteiger partial charge in [-0.15, -0.1) is 0 Å². The van der Waals surface area contributed by atoms with Gasteiger partial charge in [0.2, 0.25) is 15.9 Å². The van der Waals surface area contributed by atoms with E-state index < -0.39 is 21.9 Å². The molecule has 176 valence electrons. The van der Waals surface area contributed by atoms with E-state index in [1.54, 1.807) is 36.1 Å². The van der Waals surface area contributed by atoms with Crippen molar-refractivity contribution >= 4 is 27.8 Å². The van der Waals surface area contributed by atoms with Gasteiger partial charge in [-0.3, -0.25) is 14.4 Å². The van der Waals surface area contributed by atoms with Gasteiger partial charge >= 0.3 is 5.97 Å². The van der Waals surface area contributed by atoms with Gasteiger partial charge in [-0.1, -0.05) is 37.3 Å². The van der Waals surface area contributed by atoms with Crippen molar-refractivity contribution in [2.45, 2.75) is 31.9 Å². The van der Waals surface area contributed by atoms with Crippen molar-refractivity contribution in [3.8, 4) is 0 Å². The summed E-state index contributed by atoms with van der Waals surface area (Å²) in [5.41, 5.74) is 0.722. The first-order valence-electron chi connectivity index (χ1n) is 11.0.